The summed E-state index contributed by atoms with van der Waals surface area (Å²) in [6, 6.07) is 5.86. The van der Waals surface area contributed by atoms with Gasteiger partial charge >= 0.3 is 12.1 Å². The average molecular weight is 380 g/mol. The zero-order chi connectivity index (χ0) is 20.0. The van der Waals surface area contributed by atoms with Crippen molar-refractivity contribution < 1.29 is 24.2 Å². The Labute approximate surface area is 159 Å². The molecule has 1 aliphatic heterocycles. The summed E-state index contributed by atoms with van der Waals surface area (Å²) in [6.45, 7) is 6.53. The number of urea groups is 1. The van der Waals surface area contributed by atoms with Gasteiger partial charge in [0.25, 0.3) is 0 Å². The van der Waals surface area contributed by atoms with E-state index in [1.807, 2.05) is 0 Å². The Bertz CT molecular complexity index is 644. The maximum atomic E-state index is 13.1. The lowest BCUT2D eigenvalue weighted by molar-refractivity contribution is 0.0515. The number of ether oxygens (including phenoxy) is 2. The van der Waals surface area contributed by atoms with Crippen molar-refractivity contribution in [3.05, 3.63) is 24.3 Å². The highest BCUT2D eigenvalue weighted by molar-refractivity contribution is 5.94. The summed E-state index contributed by atoms with van der Waals surface area (Å²) in [6.07, 6.45) is -0.748. The van der Waals surface area contributed by atoms with Crippen LogP contribution in [0.25, 0.3) is 0 Å². The number of hydrogen-bond acceptors (Lipinski definition) is 6. The monoisotopic (exact) mass is 380 g/mol. The molecule has 27 heavy (non-hydrogen) atoms. The van der Waals surface area contributed by atoms with Crippen molar-refractivity contribution >= 4 is 17.8 Å². The van der Waals surface area contributed by atoms with E-state index in [4.69, 9.17) is 9.47 Å². The number of carbonyl (C=O) groups excluding carboxylic acids is 2. The Kier molecular flexibility index (Phi) is 6.86. The third-order valence-corrected chi connectivity index (χ3v) is 3.93. The molecule has 0 saturated carbocycles. The van der Waals surface area contributed by atoms with E-state index in [1.165, 1.54) is 4.90 Å². The number of amides is 3. The van der Waals surface area contributed by atoms with Gasteiger partial charge in [-0.1, -0.05) is 0 Å². The molecule has 1 fully saturated rings. The highest BCUT2D eigenvalue weighted by Crippen LogP contribution is 2.21. The van der Waals surface area contributed by atoms with Gasteiger partial charge in [-0.15, -0.1) is 0 Å². The zero-order valence-corrected chi connectivity index (χ0v) is 16.2. The second-order valence-corrected chi connectivity index (χ2v) is 7.16. The molecule has 1 atom stereocenters. The second kappa shape index (κ2) is 8.92. The van der Waals surface area contributed by atoms with Crippen LogP contribution in [0.5, 0.6) is 5.75 Å². The largest absolute Gasteiger partial charge is 0.497 e. The van der Waals surface area contributed by atoms with Crippen LogP contribution in [0.2, 0.25) is 0 Å². The van der Waals surface area contributed by atoms with E-state index in [1.54, 1.807) is 52.1 Å². The topological polar surface area (TPSA) is 103 Å². The molecule has 1 aromatic carbocycles. The first kappa shape index (κ1) is 20.8. The van der Waals surface area contributed by atoms with E-state index < -0.39 is 17.7 Å². The third kappa shape index (κ3) is 5.73. The minimum Gasteiger partial charge on any atom is -0.497 e. The number of hydrazine groups is 1. The van der Waals surface area contributed by atoms with Gasteiger partial charge in [0.05, 0.1) is 25.4 Å². The number of methoxy groups -OCH3 is 1. The average Bonchev–Trinajstić information content (AvgIpc) is 2.64. The lowest BCUT2D eigenvalue weighted by Crippen LogP contribution is -2.61. The molecule has 9 heteroatoms. The van der Waals surface area contributed by atoms with Gasteiger partial charge < -0.3 is 24.8 Å². The van der Waals surface area contributed by atoms with Crippen molar-refractivity contribution in [2.45, 2.75) is 32.4 Å². The van der Waals surface area contributed by atoms with Crippen molar-refractivity contribution in [1.29, 1.82) is 0 Å². The number of aliphatic hydroxyl groups excluding tert-OH is 1. The van der Waals surface area contributed by atoms with Gasteiger partial charge in [-0.05, 0) is 45.0 Å². The summed E-state index contributed by atoms with van der Waals surface area (Å²) in [5, 5.41) is 13.8. The molecule has 1 saturated heterocycles. The van der Waals surface area contributed by atoms with Crippen LogP contribution in [0, 0.1) is 0 Å². The van der Waals surface area contributed by atoms with Crippen LogP contribution < -0.4 is 20.5 Å². The molecule has 1 unspecified atom stereocenters. The summed E-state index contributed by atoms with van der Waals surface area (Å²) in [5.41, 5.74) is 2.25. The molecular formula is C18H28N4O5. The standard InChI is InChI=1S/C18H28N4O5/c1-18(2,3)27-16(24)20-22(13-5-7-15(26-4)8-6-13)17(25)21-10-9-19-11-14(21)12-23/h5-8,14,19,23H,9-12H2,1-4H3,(H,20,24). The predicted octanol–water partition coefficient (Wildman–Crippen LogP) is 1.33. The molecule has 0 radical (unpaired) electrons. The first-order valence-corrected chi connectivity index (χ1v) is 8.81. The number of aliphatic hydroxyl groups is 1. The Balaban J connectivity index is 2.27. The van der Waals surface area contributed by atoms with Gasteiger partial charge in [0.1, 0.15) is 11.4 Å². The molecular weight excluding hydrogens is 352 g/mol. The number of rotatable bonds is 3. The quantitative estimate of drug-likeness (QED) is 0.684. The van der Waals surface area contributed by atoms with Gasteiger partial charge in [0.2, 0.25) is 0 Å². The lowest BCUT2D eigenvalue weighted by atomic mass is 10.2. The molecule has 3 N–H and O–H groups in total. The number of nitrogens with zero attached hydrogens (tertiary/aromatic N) is 2. The Hall–Kier alpha value is -2.52. The number of piperazine rings is 1. The van der Waals surface area contributed by atoms with E-state index in [-0.39, 0.29) is 12.6 Å². The predicted molar refractivity (Wildman–Crippen MR) is 101 cm³/mol. The normalized spacial score (nSPS) is 17.2. The zero-order valence-electron chi connectivity index (χ0n) is 16.2. The molecule has 9 nitrogen and oxygen atoms in total. The molecule has 0 spiro atoms. The van der Waals surface area contributed by atoms with Gasteiger partial charge in [-0.25, -0.2) is 15.0 Å². The van der Waals surface area contributed by atoms with Crippen LogP contribution in [-0.4, -0.2) is 67.1 Å². The van der Waals surface area contributed by atoms with E-state index in [0.717, 1.165) is 5.01 Å². The smallest absolute Gasteiger partial charge is 0.427 e. The SMILES string of the molecule is COc1ccc(N(NC(=O)OC(C)(C)C)C(=O)N2CCNCC2CO)cc1. The minimum absolute atomic E-state index is 0.179. The third-order valence-electron chi connectivity index (χ3n) is 3.93. The second-order valence-electron chi connectivity index (χ2n) is 7.16. The number of benzene rings is 1. The Morgan fingerprint density at radius 3 is 2.56 bits per heavy atom. The molecule has 2 rings (SSSR count). The van der Waals surface area contributed by atoms with Crippen LogP contribution in [0.1, 0.15) is 20.8 Å². The fourth-order valence-corrected chi connectivity index (χ4v) is 2.65. The van der Waals surface area contributed by atoms with Gasteiger partial charge in [0.15, 0.2) is 0 Å². The molecule has 150 valence electrons. The van der Waals surface area contributed by atoms with Crippen molar-refractivity contribution in [3.63, 3.8) is 0 Å². The van der Waals surface area contributed by atoms with E-state index in [2.05, 4.69) is 10.7 Å². The van der Waals surface area contributed by atoms with Crippen LogP contribution in [0.3, 0.4) is 0 Å². The molecule has 0 bridgehead atoms. The summed E-state index contributed by atoms with van der Waals surface area (Å²) >= 11 is 0. The van der Waals surface area contributed by atoms with Gasteiger partial charge in [-0.3, -0.25) is 0 Å². The lowest BCUT2D eigenvalue weighted by Gasteiger charge is -2.38. The van der Waals surface area contributed by atoms with E-state index in [9.17, 15) is 14.7 Å². The fraction of sp³-hybridized carbons (Fsp3) is 0.556. The Morgan fingerprint density at radius 2 is 2.00 bits per heavy atom. The summed E-state index contributed by atoms with van der Waals surface area (Å²) in [4.78, 5) is 26.9. The van der Waals surface area contributed by atoms with Crippen LogP contribution in [-0.2, 0) is 4.74 Å². The van der Waals surface area contributed by atoms with E-state index >= 15 is 0 Å². The number of hydrogen-bond donors (Lipinski definition) is 3. The van der Waals surface area contributed by atoms with Gasteiger partial charge in [-0.2, -0.15) is 5.01 Å². The van der Waals surface area contributed by atoms with Crippen LogP contribution in [0.15, 0.2) is 24.3 Å². The van der Waals surface area contributed by atoms with Crippen molar-refractivity contribution in [3.8, 4) is 5.75 Å². The highest BCUT2D eigenvalue weighted by atomic mass is 16.6. The van der Waals surface area contributed by atoms with Crippen molar-refractivity contribution in [1.82, 2.24) is 15.6 Å². The number of carbonyl (C=O) groups is 2. The molecule has 0 aromatic heterocycles. The summed E-state index contributed by atoms with van der Waals surface area (Å²) < 4.78 is 10.4. The molecule has 1 aliphatic rings. The molecule has 3 amide bonds. The first-order valence-electron chi connectivity index (χ1n) is 8.81. The first-order chi connectivity index (χ1) is 12.7. The van der Waals surface area contributed by atoms with E-state index in [0.29, 0.717) is 31.1 Å². The fourth-order valence-electron chi connectivity index (χ4n) is 2.65. The Morgan fingerprint density at radius 1 is 1.33 bits per heavy atom. The van der Waals surface area contributed by atoms with Crippen molar-refractivity contribution in [2.24, 2.45) is 0 Å². The highest BCUT2D eigenvalue weighted by Gasteiger charge is 2.32. The maximum Gasteiger partial charge on any atom is 0.427 e. The summed E-state index contributed by atoms with van der Waals surface area (Å²) in [7, 11) is 1.55. The summed E-state index contributed by atoms with van der Waals surface area (Å²) in [5.74, 6) is 0.624. The molecule has 0 aliphatic carbocycles. The number of nitrogens with one attached hydrogen (secondary N) is 2. The van der Waals surface area contributed by atoms with Crippen LogP contribution >= 0.6 is 0 Å². The maximum absolute atomic E-state index is 13.1. The van der Waals surface area contributed by atoms with Crippen molar-refractivity contribution in [2.75, 3.05) is 38.4 Å². The molecule has 1 heterocycles. The van der Waals surface area contributed by atoms with Gasteiger partial charge in [0, 0.05) is 19.6 Å². The minimum atomic E-state index is -0.748. The molecule has 1 aromatic rings. The van der Waals surface area contributed by atoms with Crippen LogP contribution in [0.4, 0.5) is 15.3 Å². The number of anilines is 1.